The molecule has 0 saturated carbocycles. The second-order valence-electron chi connectivity index (χ2n) is 6.11. The SMILES string of the molecule is CNc1nc(N)nn2cc(F)c(-c3ccc4nc(C)n(CC(F)(F)F)c4n3)c12. The topological polar surface area (TPSA) is 99.0 Å². The maximum absolute atomic E-state index is 14.7. The van der Waals surface area contributed by atoms with E-state index < -0.39 is 18.5 Å². The fourth-order valence-electron chi connectivity index (χ4n) is 3.11. The van der Waals surface area contributed by atoms with E-state index in [1.807, 2.05) is 0 Å². The highest BCUT2D eigenvalue weighted by molar-refractivity contribution is 5.89. The molecule has 0 aliphatic carbocycles. The Morgan fingerprint density at radius 1 is 1.18 bits per heavy atom. The molecule has 8 nitrogen and oxygen atoms in total. The van der Waals surface area contributed by atoms with Crippen molar-refractivity contribution in [3.63, 3.8) is 0 Å². The van der Waals surface area contributed by atoms with Gasteiger partial charge in [0.25, 0.3) is 0 Å². The van der Waals surface area contributed by atoms with E-state index in [-0.39, 0.29) is 45.5 Å². The number of imidazole rings is 1. The molecule has 4 aromatic heterocycles. The minimum atomic E-state index is -4.45. The van der Waals surface area contributed by atoms with E-state index >= 15 is 0 Å². The lowest BCUT2D eigenvalue weighted by Crippen LogP contribution is -2.18. The second kappa shape index (κ2) is 6.04. The Kier molecular flexibility index (Phi) is 3.87. The summed E-state index contributed by atoms with van der Waals surface area (Å²) in [5, 5.41) is 6.74. The molecule has 0 atom stereocenters. The van der Waals surface area contributed by atoms with E-state index in [9.17, 15) is 17.6 Å². The van der Waals surface area contributed by atoms with Gasteiger partial charge < -0.3 is 15.6 Å². The number of hydrogen-bond donors (Lipinski definition) is 2. The highest BCUT2D eigenvalue weighted by atomic mass is 19.4. The third kappa shape index (κ3) is 2.86. The molecule has 4 aromatic rings. The van der Waals surface area contributed by atoms with Crippen molar-refractivity contribution in [3.05, 3.63) is 30.0 Å². The minimum Gasteiger partial charge on any atom is -0.371 e. The quantitative estimate of drug-likeness (QED) is 0.519. The van der Waals surface area contributed by atoms with Crippen LogP contribution in [0.15, 0.2) is 18.3 Å². The molecule has 0 radical (unpaired) electrons. The second-order valence-corrected chi connectivity index (χ2v) is 6.11. The smallest absolute Gasteiger partial charge is 0.371 e. The predicted molar refractivity (Wildman–Crippen MR) is 94.2 cm³/mol. The molecule has 4 rings (SSSR count). The number of halogens is 4. The Bertz CT molecular complexity index is 1210. The van der Waals surface area contributed by atoms with Gasteiger partial charge in [0.1, 0.15) is 23.4 Å². The molecule has 0 unspecified atom stereocenters. The molecule has 4 heterocycles. The van der Waals surface area contributed by atoms with Gasteiger partial charge in [0.05, 0.1) is 17.5 Å². The van der Waals surface area contributed by atoms with Crippen LogP contribution >= 0.6 is 0 Å². The maximum Gasteiger partial charge on any atom is 0.406 e. The fourth-order valence-corrected chi connectivity index (χ4v) is 3.11. The summed E-state index contributed by atoms with van der Waals surface area (Å²) in [6.07, 6.45) is -3.34. The van der Waals surface area contributed by atoms with Gasteiger partial charge in [-0.25, -0.2) is 18.9 Å². The molecule has 3 N–H and O–H groups in total. The summed E-state index contributed by atoms with van der Waals surface area (Å²) in [6, 6.07) is 2.98. The number of anilines is 2. The largest absolute Gasteiger partial charge is 0.406 e. The first-order chi connectivity index (χ1) is 13.2. The lowest BCUT2D eigenvalue weighted by Gasteiger charge is -2.10. The van der Waals surface area contributed by atoms with Crippen molar-refractivity contribution < 1.29 is 17.6 Å². The molecule has 0 aliphatic heterocycles. The van der Waals surface area contributed by atoms with Crippen molar-refractivity contribution in [2.45, 2.75) is 19.6 Å². The summed E-state index contributed by atoms with van der Waals surface area (Å²) in [5.41, 5.74) is 6.34. The molecule has 0 fully saturated rings. The van der Waals surface area contributed by atoms with Crippen LogP contribution in [-0.2, 0) is 6.54 Å². The number of aryl methyl sites for hydroxylation is 1. The number of pyridine rings is 1. The molecule has 0 bridgehead atoms. The van der Waals surface area contributed by atoms with Crippen LogP contribution < -0.4 is 11.1 Å². The normalized spacial score (nSPS) is 12.2. The number of aromatic nitrogens is 6. The zero-order valence-electron chi connectivity index (χ0n) is 14.7. The number of fused-ring (bicyclic) bond motifs is 2. The number of hydrogen-bond acceptors (Lipinski definition) is 6. The lowest BCUT2D eigenvalue weighted by molar-refractivity contribution is -0.140. The van der Waals surface area contributed by atoms with Gasteiger partial charge in [-0.3, -0.25) is 0 Å². The third-order valence-corrected chi connectivity index (χ3v) is 4.21. The maximum atomic E-state index is 14.7. The molecular weight excluding hydrogens is 380 g/mol. The molecule has 0 aromatic carbocycles. The molecule has 0 spiro atoms. The number of nitrogens with two attached hydrogens (primary N) is 1. The van der Waals surface area contributed by atoms with Crippen LogP contribution in [-0.4, -0.2) is 42.4 Å². The van der Waals surface area contributed by atoms with Crippen molar-refractivity contribution >= 4 is 28.4 Å². The zero-order chi connectivity index (χ0) is 20.2. The van der Waals surface area contributed by atoms with Crippen LogP contribution in [0.2, 0.25) is 0 Å². The average molecular weight is 394 g/mol. The van der Waals surface area contributed by atoms with Gasteiger partial charge in [-0.05, 0) is 19.1 Å². The lowest BCUT2D eigenvalue weighted by atomic mass is 10.1. The van der Waals surface area contributed by atoms with Gasteiger partial charge in [0, 0.05) is 7.05 Å². The summed E-state index contributed by atoms with van der Waals surface area (Å²) in [6.45, 7) is 0.212. The highest BCUT2D eigenvalue weighted by Crippen LogP contribution is 2.33. The monoisotopic (exact) mass is 394 g/mol. The molecule has 12 heteroatoms. The van der Waals surface area contributed by atoms with Crippen LogP contribution in [0.25, 0.3) is 27.9 Å². The summed E-state index contributed by atoms with van der Waals surface area (Å²) in [4.78, 5) is 12.4. The minimum absolute atomic E-state index is 0.00782. The molecule has 28 heavy (non-hydrogen) atoms. The Morgan fingerprint density at radius 2 is 1.93 bits per heavy atom. The number of rotatable bonds is 3. The Labute approximate surface area is 155 Å². The molecule has 0 aliphatic rings. The van der Waals surface area contributed by atoms with Crippen molar-refractivity contribution in [1.82, 2.24) is 29.1 Å². The number of nitrogens with zero attached hydrogens (tertiary/aromatic N) is 6. The Morgan fingerprint density at radius 3 is 2.61 bits per heavy atom. The number of alkyl halides is 3. The van der Waals surface area contributed by atoms with Gasteiger partial charge in [-0.2, -0.15) is 18.2 Å². The van der Waals surface area contributed by atoms with Crippen LogP contribution in [0.4, 0.5) is 29.3 Å². The van der Waals surface area contributed by atoms with Gasteiger partial charge in [-0.1, -0.05) is 0 Å². The molecular formula is C16H14F4N8. The summed E-state index contributed by atoms with van der Waals surface area (Å²) in [5.74, 6) is -0.318. The predicted octanol–water partition coefficient (Wildman–Crippen LogP) is 2.77. The summed E-state index contributed by atoms with van der Waals surface area (Å²) in [7, 11) is 1.58. The van der Waals surface area contributed by atoms with E-state index in [1.165, 1.54) is 23.6 Å². The fraction of sp³-hybridized carbons (Fsp3) is 0.250. The van der Waals surface area contributed by atoms with E-state index in [4.69, 9.17) is 5.73 Å². The van der Waals surface area contributed by atoms with E-state index in [0.29, 0.717) is 0 Å². The van der Waals surface area contributed by atoms with Crippen LogP contribution in [0.3, 0.4) is 0 Å². The van der Waals surface area contributed by atoms with Crippen molar-refractivity contribution in [3.8, 4) is 11.3 Å². The van der Waals surface area contributed by atoms with Crippen molar-refractivity contribution in [1.29, 1.82) is 0 Å². The summed E-state index contributed by atoms with van der Waals surface area (Å²) < 4.78 is 55.7. The van der Waals surface area contributed by atoms with Crippen LogP contribution in [0.5, 0.6) is 0 Å². The van der Waals surface area contributed by atoms with Gasteiger partial charge in [0.15, 0.2) is 17.3 Å². The van der Waals surface area contributed by atoms with Crippen molar-refractivity contribution in [2.24, 2.45) is 0 Å². The number of nitrogen functional groups attached to an aromatic ring is 1. The zero-order valence-corrected chi connectivity index (χ0v) is 14.7. The molecule has 146 valence electrons. The highest BCUT2D eigenvalue weighted by Gasteiger charge is 2.30. The van der Waals surface area contributed by atoms with Crippen molar-refractivity contribution in [2.75, 3.05) is 18.1 Å². The van der Waals surface area contributed by atoms with Crippen LogP contribution in [0, 0.1) is 12.7 Å². The Hall–Kier alpha value is -3.44. The van der Waals surface area contributed by atoms with Gasteiger partial charge in [-0.15, -0.1) is 5.10 Å². The molecule has 0 saturated heterocycles. The van der Waals surface area contributed by atoms with E-state index in [2.05, 4.69) is 25.4 Å². The Balaban J connectivity index is 1.98. The standard InChI is InChI=1S/C16H14F4N8/c1-7-23-10-4-3-9(24-14(10)27(7)6-16(18,19)20)11-8(17)5-28-12(11)13(22-2)25-15(21)26-28/h3-5H,6H2,1-2H3,(H3,21,22,25,26). The van der Waals surface area contributed by atoms with E-state index in [0.717, 1.165) is 10.8 Å². The first-order valence-electron chi connectivity index (χ1n) is 8.11. The summed E-state index contributed by atoms with van der Waals surface area (Å²) >= 11 is 0. The van der Waals surface area contributed by atoms with Gasteiger partial charge in [0.2, 0.25) is 5.95 Å². The third-order valence-electron chi connectivity index (χ3n) is 4.21. The van der Waals surface area contributed by atoms with Gasteiger partial charge >= 0.3 is 6.18 Å². The first-order valence-corrected chi connectivity index (χ1v) is 8.11. The number of nitrogens with one attached hydrogen (secondary N) is 1. The first kappa shape index (κ1) is 17.9. The average Bonchev–Trinajstić information content (AvgIpc) is 3.08. The molecule has 0 amide bonds. The van der Waals surface area contributed by atoms with E-state index in [1.54, 1.807) is 7.05 Å². The van der Waals surface area contributed by atoms with Crippen LogP contribution in [0.1, 0.15) is 5.82 Å².